The first-order valence-electron chi connectivity index (χ1n) is 15.7. The number of piperidine rings is 1. The Hall–Kier alpha value is -2.90. The molecule has 0 spiro atoms. The van der Waals surface area contributed by atoms with Crippen molar-refractivity contribution in [3.8, 4) is 5.75 Å². The van der Waals surface area contributed by atoms with Gasteiger partial charge in [-0.2, -0.15) is 0 Å². The van der Waals surface area contributed by atoms with Crippen molar-refractivity contribution in [2.45, 2.75) is 90.9 Å². The Labute approximate surface area is 247 Å². The van der Waals surface area contributed by atoms with E-state index in [1.807, 2.05) is 0 Å². The van der Waals surface area contributed by atoms with Gasteiger partial charge in [-0.25, -0.2) is 0 Å². The lowest BCUT2D eigenvalue weighted by molar-refractivity contribution is -0.132. The molecule has 2 amide bonds. The Morgan fingerprint density at radius 3 is 2.54 bits per heavy atom. The first-order chi connectivity index (χ1) is 19.9. The van der Waals surface area contributed by atoms with Gasteiger partial charge in [0.05, 0.1) is 13.2 Å². The molecule has 0 unspecified atom stereocenters. The number of ether oxygens (including phenoxy) is 1. The summed E-state index contributed by atoms with van der Waals surface area (Å²) in [6.45, 7) is 12.6. The Balaban J connectivity index is 1.33. The lowest BCUT2D eigenvalue weighted by Crippen LogP contribution is -2.46. The molecule has 0 aliphatic carbocycles. The standard InChI is InChI=1S/C34H50N4O3/c1-4-36(24-29-11-7-5-8-12-29)31-17-20-37(21-18-31)34(40)16-14-28-13-15-32-30(23-28)25-38(27(2)3)26-33(39)35-19-9-6-10-22-41-32/h5,7-8,11-13,15,23,27,31H,4,6,9-10,14,16-22,24-26H2,1-3H3,(H,35,39). The summed E-state index contributed by atoms with van der Waals surface area (Å²) < 4.78 is 6.20. The van der Waals surface area contributed by atoms with E-state index in [9.17, 15) is 9.59 Å². The molecule has 1 N–H and O–H groups in total. The largest absolute Gasteiger partial charge is 0.493 e. The molecule has 2 heterocycles. The molecule has 7 nitrogen and oxygen atoms in total. The number of likely N-dealkylation sites (tertiary alicyclic amines) is 1. The number of carbonyl (C=O) groups is 2. The van der Waals surface area contributed by atoms with Gasteiger partial charge in [-0.15, -0.1) is 0 Å². The van der Waals surface area contributed by atoms with Crippen molar-refractivity contribution in [1.29, 1.82) is 0 Å². The van der Waals surface area contributed by atoms with Crippen molar-refractivity contribution < 1.29 is 14.3 Å². The molecule has 4 rings (SSSR count). The second kappa shape index (κ2) is 15.9. The lowest BCUT2D eigenvalue weighted by atomic mass is 10.0. The fourth-order valence-electron chi connectivity index (χ4n) is 5.95. The number of nitrogens with one attached hydrogen (secondary N) is 1. The number of hydrogen-bond donors (Lipinski definition) is 1. The van der Waals surface area contributed by atoms with E-state index < -0.39 is 0 Å². The smallest absolute Gasteiger partial charge is 0.234 e. The summed E-state index contributed by atoms with van der Waals surface area (Å²) in [6, 6.07) is 17.8. The van der Waals surface area contributed by atoms with Gasteiger partial charge in [-0.05, 0) is 76.1 Å². The SMILES string of the molecule is CCN(Cc1ccccc1)C1CCN(C(=O)CCc2ccc3c(c2)CN(C(C)C)CC(=O)NCCCCCO3)CC1. The van der Waals surface area contributed by atoms with Gasteiger partial charge in [0.2, 0.25) is 11.8 Å². The molecule has 0 aromatic heterocycles. The molecule has 1 saturated heterocycles. The zero-order valence-electron chi connectivity index (χ0n) is 25.4. The van der Waals surface area contributed by atoms with Crippen molar-refractivity contribution in [3.05, 3.63) is 65.2 Å². The minimum atomic E-state index is 0.0769. The maximum Gasteiger partial charge on any atom is 0.234 e. The minimum absolute atomic E-state index is 0.0769. The molecule has 7 heteroatoms. The Morgan fingerprint density at radius 1 is 1.02 bits per heavy atom. The van der Waals surface area contributed by atoms with E-state index in [1.165, 1.54) is 5.56 Å². The summed E-state index contributed by atoms with van der Waals surface area (Å²) in [5, 5.41) is 3.06. The van der Waals surface area contributed by atoms with Crippen LogP contribution in [0, 0.1) is 0 Å². The van der Waals surface area contributed by atoms with E-state index in [-0.39, 0.29) is 17.9 Å². The molecule has 0 saturated carbocycles. The van der Waals surface area contributed by atoms with Gasteiger partial charge in [0, 0.05) is 56.8 Å². The molecule has 2 aromatic carbocycles. The molecule has 2 aliphatic rings. The molecule has 2 aromatic rings. The highest BCUT2D eigenvalue weighted by Crippen LogP contribution is 2.25. The van der Waals surface area contributed by atoms with Crippen molar-refractivity contribution in [2.24, 2.45) is 0 Å². The average molecular weight is 563 g/mol. The first kappa shape index (κ1) is 31.0. The summed E-state index contributed by atoms with van der Waals surface area (Å²) in [5.41, 5.74) is 3.59. The van der Waals surface area contributed by atoms with Crippen molar-refractivity contribution in [1.82, 2.24) is 20.0 Å². The highest BCUT2D eigenvalue weighted by Gasteiger charge is 2.26. The fourth-order valence-corrected chi connectivity index (χ4v) is 5.95. The first-order valence-corrected chi connectivity index (χ1v) is 15.7. The van der Waals surface area contributed by atoms with Crippen LogP contribution in [-0.4, -0.2) is 77.9 Å². The predicted molar refractivity (Wildman–Crippen MR) is 165 cm³/mol. The van der Waals surface area contributed by atoms with Gasteiger partial charge in [-0.1, -0.05) is 49.4 Å². The third-order valence-corrected chi connectivity index (χ3v) is 8.57. The van der Waals surface area contributed by atoms with Crippen LogP contribution in [-0.2, 0) is 29.1 Å². The molecule has 41 heavy (non-hydrogen) atoms. The van der Waals surface area contributed by atoms with Crippen LogP contribution in [0.3, 0.4) is 0 Å². The second-order valence-corrected chi connectivity index (χ2v) is 11.9. The van der Waals surface area contributed by atoms with Gasteiger partial charge in [-0.3, -0.25) is 19.4 Å². The van der Waals surface area contributed by atoms with E-state index in [2.05, 4.69) is 89.3 Å². The van der Waals surface area contributed by atoms with Crippen LogP contribution in [0.4, 0.5) is 0 Å². The van der Waals surface area contributed by atoms with Crippen LogP contribution in [0.15, 0.2) is 48.5 Å². The third-order valence-electron chi connectivity index (χ3n) is 8.57. The lowest BCUT2D eigenvalue weighted by Gasteiger charge is -2.38. The van der Waals surface area contributed by atoms with Crippen molar-refractivity contribution in [2.75, 3.05) is 39.3 Å². The number of aryl methyl sites for hydroxylation is 1. The molecule has 1 fully saturated rings. The van der Waals surface area contributed by atoms with Crippen LogP contribution in [0.5, 0.6) is 5.75 Å². The normalized spacial score (nSPS) is 18.2. The van der Waals surface area contributed by atoms with E-state index in [0.717, 1.165) is 81.7 Å². The van der Waals surface area contributed by atoms with E-state index >= 15 is 0 Å². The van der Waals surface area contributed by atoms with Crippen LogP contribution in [0.1, 0.15) is 76.0 Å². The van der Waals surface area contributed by atoms with Gasteiger partial charge in [0.1, 0.15) is 5.75 Å². The number of nitrogens with zero attached hydrogens (tertiary/aromatic N) is 3. The maximum atomic E-state index is 13.2. The number of fused-ring (bicyclic) bond motifs is 1. The molecule has 0 bridgehead atoms. The van der Waals surface area contributed by atoms with Crippen molar-refractivity contribution >= 4 is 11.8 Å². The Morgan fingerprint density at radius 2 is 1.80 bits per heavy atom. The predicted octanol–water partition coefficient (Wildman–Crippen LogP) is 5.02. The highest BCUT2D eigenvalue weighted by atomic mass is 16.5. The summed E-state index contributed by atoms with van der Waals surface area (Å²) in [4.78, 5) is 32.5. The van der Waals surface area contributed by atoms with E-state index in [1.54, 1.807) is 0 Å². The highest BCUT2D eigenvalue weighted by molar-refractivity contribution is 5.78. The van der Waals surface area contributed by atoms with Gasteiger partial charge < -0.3 is 15.0 Å². The minimum Gasteiger partial charge on any atom is -0.493 e. The number of hydrogen-bond acceptors (Lipinski definition) is 5. The van der Waals surface area contributed by atoms with Gasteiger partial charge >= 0.3 is 0 Å². The monoisotopic (exact) mass is 562 g/mol. The van der Waals surface area contributed by atoms with Gasteiger partial charge in [0.25, 0.3) is 0 Å². The zero-order valence-corrected chi connectivity index (χ0v) is 25.4. The summed E-state index contributed by atoms with van der Waals surface area (Å²) in [6.07, 6.45) is 6.26. The second-order valence-electron chi connectivity index (χ2n) is 11.9. The number of amides is 2. The molecule has 0 atom stereocenters. The topological polar surface area (TPSA) is 65.1 Å². The van der Waals surface area contributed by atoms with E-state index in [0.29, 0.717) is 38.6 Å². The molecule has 0 radical (unpaired) electrons. The van der Waals surface area contributed by atoms with Crippen LogP contribution >= 0.6 is 0 Å². The van der Waals surface area contributed by atoms with Crippen LogP contribution in [0.2, 0.25) is 0 Å². The summed E-state index contributed by atoms with van der Waals surface area (Å²) >= 11 is 0. The Bertz CT molecular complexity index is 1100. The molecular formula is C34H50N4O3. The maximum absolute atomic E-state index is 13.2. The summed E-state index contributed by atoms with van der Waals surface area (Å²) in [5.74, 6) is 1.21. The molecular weight excluding hydrogens is 512 g/mol. The summed E-state index contributed by atoms with van der Waals surface area (Å²) in [7, 11) is 0. The Kier molecular flexibility index (Phi) is 12.1. The van der Waals surface area contributed by atoms with Crippen LogP contribution in [0.25, 0.3) is 0 Å². The zero-order chi connectivity index (χ0) is 29.0. The fraction of sp³-hybridized carbons (Fsp3) is 0.588. The quantitative estimate of drug-likeness (QED) is 0.490. The molecule has 2 aliphatic heterocycles. The van der Waals surface area contributed by atoms with E-state index in [4.69, 9.17) is 4.74 Å². The van der Waals surface area contributed by atoms with Crippen LogP contribution < -0.4 is 10.1 Å². The molecule has 224 valence electrons. The third kappa shape index (κ3) is 9.57. The van der Waals surface area contributed by atoms with Crippen molar-refractivity contribution in [3.63, 3.8) is 0 Å². The number of carbonyl (C=O) groups excluding carboxylic acids is 2. The number of rotatable bonds is 8. The average Bonchev–Trinajstić information content (AvgIpc) is 3.00. The number of benzene rings is 2. The van der Waals surface area contributed by atoms with Gasteiger partial charge in [0.15, 0.2) is 0 Å².